The molecule has 0 aromatic heterocycles. The van der Waals surface area contributed by atoms with Crippen LogP contribution < -0.4 is 5.73 Å². The van der Waals surface area contributed by atoms with Gasteiger partial charge >= 0.3 is 0 Å². The first-order valence-electron chi connectivity index (χ1n) is 6.88. The van der Waals surface area contributed by atoms with E-state index >= 15 is 0 Å². The van der Waals surface area contributed by atoms with Crippen molar-refractivity contribution >= 4 is 17.2 Å². The molecule has 0 aliphatic carbocycles. The van der Waals surface area contributed by atoms with Gasteiger partial charge in [-0.05, 0) is 63.9 Å². The van der Waals surface area contributed by atoms with Crippen LogP contribution in [0.25, 0.3) is 0 Å². The molecule has 0 unspecified atom stereocenters. The van der Waals surface area contributed by atoms with Crippen molar-refractivity contribution in [3.05, 3.63) is 35.1 Å². The lowest BCUT2D eigenvalue weighted by molar-refractivity contribution is 0.259. The summed E-state index contributed by atoms with van der Waals surface area (Å²) in [6, 6.07) is 4.81. The van der Waals surface area contributed by atoms with E-state index in [-0.39, 0.29) is 10.8 Å². The van der Waals surface area contributed by atoms with Gasteiger partial charge in [-0.25, -0.2) is 4.39 Å². The maximum Gasteiger partial charge on any atom is 0.124 e. The summed E-state index contributed by atoms with van der Waals surface area (Å²) >= 11 is 4.91. The van der Waals surface area contributed by atoms with Crippen LogP contribution in [0.3, 0.4) is 0 Å². The second-order valence-electron chi connectivity index (χ2n) is 5.24. The first-order chi connectivity index (χ1) is 9.42. The van der Waals surface area contributed by atoms with Crippen molar-refractivity contribution in [2.45, 2.75) is 19.9 Å². The third-order valence-corrected chi connectivity index (χ3v) is 3.41. The highest BCUT2D eigenvalue weighted by Gasteiger charge is 2.08. The van der Waals surface area contributed by atoms with Crippen molar-refractivity contribution in [3.63, 3.8) is 0 Å². The number of nitrogens with two attached hydrogens (primary N) is 1. The van der Waals surface area contributed by atoms with Crippen LogP contribution in [0.1, 0.15) is 24.5 Å². The van der Waals surface area contributed by atoms with Gasteiger partial charge in [0.05, 0.1) is 0 Å². The minimum absolute atomic E-state index is 0.237. The monoisotopic (exact) mass is 297 g/mol. The second kappa shape index (κ2) is 8.29. The maximum atomic E-state index is 13.6. The van der Waals surface area contributed by atoms with Gasteiger partial charge in [0.15, 0.2) is 0 Å². The van der Waals surface area contributed by atoms with E-state index in [1.54, 1.807) is 6.07 Å². The Balaban J connectivity index is 2.67. The van der Waals surface area contributed by atoms with Gasteiger partial charge in [-0.3, -0.25) is 4.90 Å². The summed E-state index contributed by atoms with van der Waals surface area (Å²) in [5.74, 6) is -0.283. The standard InChI is InChI=1S/C15H24FN3S/c1-4-19(7-5-6-18(2)3)11-12-8-13(15(17)20)10-14(16)9-12/h8-10H,4-7,11H2,1-3H3,(H2,17,20). The summed E-state index contributed by atoms with van der Waals surface area (Å²) in [6.45, 7) is 5.82. The molecular formula is C15H24FN3S. The maximum absolute atomic E-state index is 13.6. The molecule has 1 rings (SSSR count). The summed E-state index contributed by atoms with van der Waals surface area (Å²) in [6.07, 6.45) is 1.10. The summed E-state index contributed by atoms with van der Waals surface area (Å²) in [7, 11) is 4.13. The first kappa shape index (κ1) is 17.0. The molecule has 3 nitrogen and oxygen atoms in total. The molecule has 0 spiro atoms. The largest absolute Gasteiger partial charge is 0.389 e. The highest BCUT2D eigenvalue weighted by Crippen LogP contribution is 2.12. The molecule has 1 aromatic rings. The Labute approximate surface area is 126 Å². The number of nitrogens with zero attached hydrogens (tertiary/aromatic N) is 2. The molecular weight excluding hydrogens is 273 g/mol. The third kappa shape index (κ3) is 5.94. The molecule has 1 aromatic carbocycles. The van der Waals surface area contributed by atoms with Crippen LogP contribution in [0.4, 0.5) is 4.39 Å². The number of thiocarbonyl (C=S) groups is 1. The minimum atomic E-state index is -0.283. The predicted molar refractivity (Wildman–Crippen MR) is 86.4 cm³/mol. The highest BCUT2D eigenvalue weighted by molar-refractivity contribution is 7.80. The van der Waals surface area contributed by atoms with Crippen LogP contribution in [-0.2, 0) is 6.54 Å². The van der Waals surface area contributed by atoms with Crippen LogP contribution in [-0.4, -0.2) is 48.5 Å². The fourth-order valence-electron chi connectivity index (χ4n) is 2.10. The summed E-state index contributed by atoms with van der Waals surface area (Å²) in [5.41, 5.74) is 7.09. The van der Waals surface area contributed by atoms with Gasteiger partial charge in [0.2, 0.25) is 0 Å². The molecule has 20 heavy (non-hydrogen) atoms. The molecule has 0 heterocycles. The number of hydrogen-bond donors (Lipinski definition) is 1. The minimum Gasteiger partial charge on any atom is -0.389 e. The molecule has 5 heteroatoms. The lowest BCUT2D eigenvalue weighted by atomic mass is 10.1. The zero-order valence-corrected chi connectivity index (χ0v) is 13.3. The van der Waals surface area contributed by atoms with Crippen molar-refractivity contribution < 1.29 is 4.39 Å². The van der Waals surface area contributed by atoms with Crippen LogP contribution in [0.2, 0.25) is 0 Å². The van der Waals surface area contributed by atoms with E-state index in [9.17, 15) is 4.39 Å². The Morgan fingerprint density at radius 2 is 1.95 bits per heavy atom. The van der Waals surface area contributed by atoms with E-state index in [0.717, 1.165) is 38.2 Å². The third-order valence-electron chi connectivity index (χ3n) is 3.18. The van der Waals surface area contributed by atoms with E-state index in [4.69, 9.17) is 18.0 Å². The van der Waals surface area contributed by atoms with E-state index in [0.29, 0.717) is 5.56 Å². The van der Waals surface area contributed by atoms with Crippen LogP contribution in [0.15, 0.2) is 18.2 Å². The molecule has 0 saturated carbocycles. The molecule has 0 atom stereocenters. The molecule has 2 N–H and O–H groups in total. The lowest BCUT2D eigenvalue weighted by Gasteiger charge is -2.21. The molecule has 0 saturated heterocycles. The smallest absolute Gasteiger partial charge is 0.124 e. The number of halogens is 1. The van der Waals surface area contributed by atoms with Crippen molar-refractivity contribution in [1.29, 1.82) is 0 Å². The quantitative estimate of drug-likeness (QED) is 0.746. The Bertz CT molecular complexity index is 449. The summed E-state index contributed by atoms with van der Waals surface area (Å²) < 4.78 is 13.6. The fraction of sp³-hybridized carbons (Fsp3) is 0.533. The number of rotatable bonds is 8. The lowest BCUT2D eigenvalue weighted by Crippen LogP contribution is -2.27. The Morgan fingerprint density at radius 3 is 2.50 bits per heavy atom. The SMILES string of the molecule is CCN(CCCN(C)C)Cc1cc(F)cc(C(N)=S)c1. The molecule has 0 fully saturated rings. The number of benzene rings is 1. The van der Waals surface area contributed by atoms with Crippen molar-refractivity contribution in [1.82, 2.24) is 9.80 Å². The van der Waals surface area contributed by atoms with Crippen molar-refractivity contribution in [2.75, 3.05) is 33.7 Å². The van der Waals surface area contributed by atoms with Crippen molar-refractivity contribution in [3.8, 4) is 0 Å². The van der Waals surface area contributed by atoms with Crippen LogP contribution in [0, 0.1) is 5.82 Å². The molecule has 0 bridgehead atoms. The highest BCUT2D eigenvalue weighted by atomic mass is 32.1. The van der Waals surface area contributed by atoms with Gasteiger partial charge in [-0.2, -0.15) is 0 Å². The Kier molecular flexibility index (Phi) is 7.05. The van der Waals surface area contributed by atoms with Gasteiger partial charge in [0, 0.05) is 12.1 Å². The fourth-order valence-corrected chi connectivity index (χ4v) is 2.22. The van der Waals surface area contributed by atoms with E-state index in [1.807, 2.05) is 6.07 Å². The van der Waals surface area contributed by atoms with E-state index < -0.39 is 0 Å². The van der Waals surface area contributed by atoms with Crippen molar-refractivity contribution in [2.24, 2.45) is 5.73 Å². The van der Waals surface area contributed by atoms with Gasteiger partial charge in [0.25, 0.3) is 0 Å². The second-order valence-corrected chi connectivity index (χ2v) is 5.68. The average molecular weight is 297 g/mol. The molecule has 0 aliphatic rings. The zero-order valence-electron chi connectivity index (χ0n) is 12.5. The Hall–Kier alpha value is -1.04. The zero-order chi connectivity index (χ0) is 15.1. The molecule has 0 amide bonds. The van der Waals surface area contributed by atoms with E-state index in [2.05, 4.69) is 30.8 Å². The van der Waals surface area contributed by atoms with Gasteiger partial charge in [0.1, 0.15) is 10.8 Å². The summed E-state index contributed by atoms with van der Waals surface area (Å²) in [4.78, 5) is 4.70. The first-order valence-corrected chi connectivity index (χ1v) is 7.29. The summed E-state index contributed by atoms with van der Waals surface area (Å²) in [5, 5.41) is 0. The number of hydrogen-bond acceptors (Lipinski definition) is 3. The van der Waals surface area contributed by atoms with Crippen LogP contribution >= 0.6 is 12.2 Å². The van der Waals surface area contributed by atoms with Crippen LogP contribution in [0.5, 0.6) is 0 Å². The Morgan fingerprint density at radius 1 is 1.25 bits per heavy atom. The predicted octanol–water partition coefficient (Wildman–Crippen LogP) is 2.23. The molecule has 0 radical (unpaired) electrons. The normalized spacial score (nSPS) is 11.3. The van der Waals surface area contributed by atoms with Gasteiger partial charge in [-0.15, -0.1) is 0 Å². The van der Waals surface area contributed by atoms with Gasteiger partial charge in [-0.1, -0.05) is 19.1 Å². The van der Waals surface area contributed by atoms with Gasteiger partial charge < -0.3 is 10.6 Å². The van der Waals surface area contributed by atoms with E-state index in [1.165, 1.54) is 6.07 Å². The average Bonchev–Trinajstić information content (AvgIpc) is 2.36. The molecule has 0 aliphatic heterocycles. The topological polar surface area (TPSA) is 32.5 Å². The molecule has 112 valence electrons.